The van der Waals surface area contributed by atoms with Crippen LogP contribution in [-0.2, 0) is 7.05 Å². The van der Waals surface area contributed by atoms with Crippen molar-refractivity contribution in [3.8, 4) is 5.75 Å². The zero-order chi connectivity index (χ0) is 13.1. The molecule has 1 aromatic heterocycles. The third-order valence-corrected chi connectivity index (χ3v) is 3.06. The van der Waals surface area contributed by atoms with Crippen LogP contribution in [0, 0.1) is 6.92 Å². The minimum atomic E-state index is 0.0918. The van der Waals surface area contributed by atoms with Crippen LogP contribution in [0.2, 0.25) is 0 Å². The van der Waals surface area contributed by atoms with Gasteiger partial charge in [-0.2, -0.15) is 5.10 Å². The number of aromatic hydroxyl groups is 1. The molecule has 2 N–H and O–H groups in total. The molecule has 1 heterocycles. The summed E-state index contributed by atoms with van der Waals surface area (Å²) in [6.07, 6.45) is 2.85. The fourth-order valence-corrected chi connectivity index (χ4v) is 2.11. The van der Waals surface area contributed by atoms with Crippen LogP contribution >= 0.6 is 0 Å². The molecule has 0 bridgehead atoms. The van der Waals surface area contributed by atoms with E-state index in [9.17, 15) is 5.11 Å². The lowest BCUT2D eigenvalue weighted by molar-refractivity contribution is 0.462. The summed E-state index contributed by atoms with van der Waals surface area (Å²) in [5.41, 5.74) is 2.89. The van der Waals surface area contributed by atoms with E-state index in [1.807, 2.05) is 38.4 Å². The van der Waals surface area contributed by atoms with Crippen molar-refractivity contribution in [2.45, 2.75) is 26.3 Å². The van der Waals surface area contributed by atoms with Gasteiger partial charge in [-0.15, -0.1) is 0 Å². The first kappa shape index (κ1) is 12.5. The van der Waals surface area contributed by atoms with Crippen LogP contribution < -0.4 is 5.32 Å². The Balaban J connectivity index is 2.25. The highest BCUT2D eigenvalue weighted by Crippen LogP contribution is 2.29. The fourth-order valence-electron chi connectivity index (χ4n) is 2.11. The predicted molar refractivity (Wildman–Crippen MR) is 72.7 cm³/mol. The minimum absolute atomic E-state index is 0.0918. The molecule has 0 aliphatic carbocycles. The Morgan fingerprint density at radius 2 is 2.11 bits per heavy atom. The summed E-state index contributed by atoms with van der Waals surface area (Å²) in [4.78, 5) is 0. The van der Waals surface area contributed by atoms with Gasteiger partial charge in [0.25, 0.3) is 0 Å². The molecule has 18 heavy (non-hydrogen) atoms. The number of hydrogen-bond acceptors (Lipinski definition) is 3. The number of aryl methyl sites for hydroxylation is 2. The van der Waals surface area contributed by atoms with Crippen LogP contribution in [0.25, 0.3) is 0 Å². The van der Waals surface area contributed by atoms with Crippen molar-refractivity contribution in [3.63, 3.8) is 0 Å². The number of phenolic OH excluding ortho intramolecular Hbond substituents is 1. The number of nitrogens with zero attached hydrogens (tertiary/aromatic N) is 2. The Kier molecular flexibility index (Phi) is 3.55. The van der Waals surface area contributed by atoms with E-state index in [0.717, 1.165) is 23.4 Å². The molecule has 0 amide bonds. The molecule has 4 heteroatoms. The molecule has 0 saturated heterocycles. The highest BCUT2D eigenvalue weighted by atomic mass is 16.3. The summed E-state index contributed by atoms with van der Waals surface area (Å²) in [6, 6.07) is 7.53. The van der Waals surface area contributed by atoms with Crippen molar-refractivity contribution in [1.29, 1.82) is 0 Å². The average Bonchev–Trinajstić information content (AvgIpc) is 2.66. The summed E-state index contributed by atoms with van der Waals surface area (Å²) in [5, 5.41) is 17.6. The second-order valence-electron chi connectivity index (χ2n) is 4.47. The van der Waals surface area contributed by atoms with Gasteiger partial charge in [0.2, 0.25) is 0 Å². The summed E-state index contributed by atoms with van der Waals surface area (Å²) < 4.78 is 1.79. The molecule has 0 spiro atoms. The maximum Gasteiger partial charge on any atom is 0.120 e. The molecule has 0 radical (unpaired) electrons. The van der Waals surface area contributed by atoms with Gasteiger partial charge in [0.1, 0.15) is 5.75 Å². The monoisotopic (exact) mass is 245 g/mol. The molecule has 0 aliphatic heterocycles. The molecule has 1 atom stereocenters. The Labute approximate surface area is 107 Å². The van der Waals surface area contributed by atoms with Crippen LogP contribution in [0.15, 0.2) is 30.5 Å². The van der Waals surface area contributed by atoms with Crippen molar-refractivity contribution in [2.75, 3.05) is 5.32 Å². The van der Waals surface area contributed by atoms with Crippen molar-refractivity contribution in [2.24, 2.45) is 7.05 Å². The van der Waals surface area contributed by atoms with E-state index < -0.39 is 0 Å². The zero-order valence-electron chi connectivity index (χ0n) is 11.0. The third kappa shape index (κ3) is 2.47. The van der Waals surface area contributed by atoms with Crippen LogP contribution in [0.3, 0.4) is 0 Å². The summed E-state index contributed by atoms with van der Waals surface area (Å²) in [6.45, 7) is 4.07. The smallest absolute Gasteiger partial charge is 0.120 e. The number of benzene rings is 1. The van der Waals surface area contributed by atoms with Crippen molar-refractivity contribution in [3.05, 3.63) is 41.7 Å². The van der Waals surface area contributed by atoms with Gasteiger partial charge in [0.05, 0.1) is 17.4 Å². The van der Waals surface area contributed by atoms with E-state index in [2.05, 4.69) is 17.3 Å². The second-order valence-corrected chi connectivity index (χ2v) is 4.47. The first-order chi connectivity index (χ1) is 8.61. The molecule has 0 saturated carbocycles. The Morgan fingerprint density at radius 1 is 1.39 bits per heavy atom. The maximum atomic E-state index is 9.90. The number of phenols is 1. The molecule has 96 valence electrons. The van der Waals surface area contributed by atoms with Gasteiger partial charge in [-0.05, 0) is 19.4 Å². The van der Waals surface area contributed by atoms with Gasteiger partial charge in [-0.3, -0.25) is 4.68 Å². The van der Waals surface area contributed by atoms with E-state index in [1.165, 1.54) is 0 Å². The highest BCUT2D eigenvalue weighted by molar-refractivity contribution is 5.49. The third-order valence-electron chi connectivity index (χ3n) is 3.06. The highest BCUT2D eigenvalue weighted by Gasteiger charge is 2.14. The standard InChI is InChI=1S/C14H19N3O/c1-4-12(11-7-5-6-8-14(11)18)15-13-9-17(3)16-10(13)2/h5-9,12,15,18H,4H2,1-3H3. The maximum absolute atomic E-state index is 9.90. The van der Waals surface area contributed by atoms with Gasteiger partial charge >= 0.3 is 0 Å². The molecule has 0 fully saturated rings. The van der Waals surface area contributed by atoms with Crippen LogP contribution in [0.5, 0.6) is 5.75 Å². The van der Waals surface area contributed by atoms with Gasteiger partial charge < -0.3 is 10.4 Å². The lowest BCUT2D eigenvalue weighted by Crippen LogP contribution is -2.10. The summed E-state index contributed by atoms with van der Waals surface area (Å²) >= 11 is 0. The molecule has 2 aromatic rings. The average molecular weight is 245 g/mol. The van der Waals surface area contributed by atoms with Gasteiger partial charge in [-0.25, -0.2) is 0 Å². The van der Waals surface area contributed by atoms with Crippen LogP contribution in [-0.4, -0.2) is 14.9 Å². The van der Waals surface area contributed by atoms with Crippen LogP contribution in [0.1, 0.15) is 30.6 Å². The number of nitrogens with one attached hydrogen (secondary N) is 1. The van der Waals surface area contributed by atoms with E-state index in [1.54, 1.807) is 10.7 Å². The number of para-hydroxylation sites is 1. The first-order valence-corrected chi connectivity index (χ1v) is 6.16. The van der Waals surface area contributed by atoms with Gasteiger partial charge in [-0.1, -0.05) is 25.1 Å². The molecular formula is C14H19N3O. The van der Waals surface area contributed by atoms with E-state index >= 15 is 0 Å². The number of hydrogen-bond donors (Lipinski definition) is 2. The van der Waals surface area contributed by atoms with Crippen molar-refractivity contribution in [1.82, 2.24) is 9.78 Å². The SMILES string of the molecule is CCC(Nc1cn(C)nc1C)c1ccccc1O. The molecular weight excluding hydrogens is 226 g/mol. The Morgan fingerprint density at radius 3 is 2.67 bits per heavy atom. The number of aromatic nitrogens is 2. The molecule has 1 aromatic carbocycles. The van der Waals surface area contributed by atoms with E-state index in [-0.39, 0.29) is 6.04 Å². The number of rotatable bonds is 4. The second kappa shape index (κ2) is 5.12. The van der Waals surface area contributed by atoms with E-state index in [0.29, 0.717) is 5.75 Å². The van der Waals surface area contributed by atoms with Gasteiger partial charge in [0.15, 0.2) is 0 Å². The number of anilines is 1. The summed E-state index contributed by atoms with van der Waals surface area (Å²) in [7, 11) is 1.90. The fraction of sp³-hybridized carbons (Fsp3) is 0.357. The van der Waals surface area contributed by atoms with Crippen LogP contribution in [0.4, 0.5) is 5.69 Å². The Bertz CT molecular complexity index is 534. The zero-order valence-corrected chi connectivity index (χ0v) is 11.0. The van der Waals surface area contributed by atoms with E-state index in [4.69, 9.17) is 0 Å². The molecule has 0 aliphatic rings. The Hall–Kier alpha value is -1.97. The molecule has 4 nitrogen and oxygen atoms in total. The van der Waals surface area contributed by atoms with Crippen molar-refractivity contribution < 1.29 is 5.11 Å². The lowest BCUT2D eigenvalue weighted by atomic mass is 10.0. The predicted octanol–water partition coefficient (Wildman–Crippen LogP) is 3.00. The summed E-state index contributed by atoms with van der Waals surface area (Å²) in [5.74, 6) is 0.332. The quantitative estimate of drug-likeness (QED) is 0.870. The van der Waals surface area contributed by atoms with Gasteiger partial charge in [0, 0.05) is 18.8 Å². The molecule has 2 rings (SSSR count). The minimum Gasteiger partial charge on any atom is -0.508 e. The largest absolute Gasteiger partial charge is 0.508 e. The van der Waals surface area contributed by atoms with Crippen molar-refractivity contribution >= 4 is 5.69 Å². The first-order valence-electron chi connectivity index (χ1n) is 6.16. The normalized spacial score (nSPS) is 12.4. The lowest BCUT2D eigenvalue weighted by Gasteiger charge is -2.19. The molecule has 1 unspecified atom stereocenters. The topological polar surface area (TPSA) is 50.1 Å².